The van der Waals surface area contributed by atoms with Crippen LogP contribution in [0.15, 0.2) is 40.8 Å². The Bertz CT molecular complexity index is 588. The van der Waals surface area contributed by atoms with Crippen molar-refractivity contribution >= 4 is 10.0 Å². The Labute approximate surface area is 128 Å². The quantitative estimate of drug-likeness (QED) is 0.748. The first-order chi connectivity index (χ1) is 10.0. The molecule has 4 heteroatoms. The van der Waals surface area contributed by atoms with Gasteiger partial charge in [-0.25, -0.2) is 8.42 Å². The van der Waals surface area contributed by atoms with Gasteiger partial charge in [-0.2, -0.15) is 4.31 Å². The van der Waals surface area contributed by atoms with E-state index in [0.29, 0.717) is 18.0 Å². The number of sulfonamides is 1. The van der Waals surface area contributed by atoms with E-state index >= 15 is 0 Å². The third-order valence-electron chi connectivity index (χ3n) is 4.08. The van der Waals surface area contributed by atoms with Crippen LogP contribution in [0.4, 0.5) is 0 Å². The number of allylic oxidation sites excluding steroid dienone is 1. The molecule has 3 nitrogen and oxygen atoms in total. The van der Waals surface area contributed by atoms with Crippen LogP contribution in [0.2, 0.25) is 0 Å². The summed E-state index contributed by atoms with van der Waals surface area (Å²) in [6, 6.07) is 7.11. The van der Waals surface area contributed by atoms with Crippen LogP contribution in [0.1, 0.15) is 44.6 Å². The molecule has 0 saturated heterocycles. The number of hydrogen-bond acceptors (Lipinski definition) is 2. The first kappa shape index (κ1) is 16.2. The van der Waals surface area contributed by atoms with Crippen molar-refractivity contribution < 1.29 is 8.42 Å². The maximum absolute atomic E-state index is 12.7. The highest BCUT2D eigenvalue weighted by molar-refractivity contribution is 7.89. The Balaban J connectivity index is 2.08. The maximum atomic E-state index is 12.7. The molecule has 0 aromatic heterocycles. The molecule has 116 valence electrons. The van der Waals surface area contributed by atoms with Crippen molar-refractivity contribution in [1.29, 1.82) is 0 Å². The smallest absolute Gasteiger partial charge is 0.207 e. The van der Waals surface area contributed by atoms with Crippen molar-refractivity contribution in [3.05, 3.63) is 41.5 Å². The third-order valence-corrected chi connectivity index (χ3v) is 6.07. The summed E-state index contributed by atoms with van der Waals surface area (Å²) < 4.78 is 26.9. The zero-order valence-electron chi connectivity index (χ0n) is 13.0. The molecular formula is C17H25NO2S. The number of benzene rings is 1. The molecule has 0 heterocycles. The molecule has 0 spiro atoms. The molecule has 0 bridgehead atoms. The van der Waals surface area contributed by atoms with Crippen LogP contribution in [0, 0.1) is 6.92 Å². The monoisotopic (exact) mass is 307 g/mol. The molecule has 0 saturated carbocycles. The van der Waals surface area contributed by atoms with Crippen molar-refractivity contribution in [2.45, 2.75) is 50.8 Å². The van der Waals surface area contributed by atoms with E-state index in [1.165, 1.54) is 18.4 Å². The van der Waals surface area contributed by atoms with Crippen LogP contribution >= 0.6 is 0 Å². The Hall–Kier alpha value is -1.13. The van der Waals surface area contributed by atoms with Gasteiger partial charge in [0.1, 0.15) is 0 Å². The van der Waals surface area contributed by atoms with E-state index in [2.05, 4.69) is 6.08 Å². The Kier molecular flexibility index (Phi) is 5.59. The summed E-state index contributed by atoms with van der Waals surface area (Å²) in [4.78, 5) is 0.396. The van der Waals surface area contributed by atoms with E-state index in [4.69, 9.17) is 0 Å². The second kappa shape index (κ2) is 7.23. The molecule has 0 radical (unpaired) electrons. The molecule has 0 atom stereocenters. The minimum atomic E-state index is -3.36. The van der Waals surface area contributed by atoms with Crippen molar-refractivity contribution in [1.82, 2.24) is 4.31 Å². The van der Waals surface area contributed by atoms with Gasteiger partial charge in [0.25, 0.3) is 0 Å². The third kappa shape index (κ3) is 4.17. The van der Waals surface area contributed by atoms with Crippen molar-refractivity contribution in [3.8, 4) is 0 Å². The Morgan fingerprint density at radius 3 is 2.43 bits per heavy atom. The molecule has 0 aliphatic heterocycles. The molecule has 21 heavy (non-hydrogen) atoms. The van der Waals surface area contributed by atoms with E-state index in [1.54, 1.807) is 16.4 Å². The second-order valence-electron chi connectivity index (χ2n) is 5.67. The van der Waals surface area contributed by atoms with E-state index in [9.17, 15) is 8.42 Å². The number of nitrogens with zero attached hydrogens (tertiary/aromatic N) is 1. The van der Waals surface area contributed by atoms with Gasteiger partial charge in [-0.1, -0.05) is 36.3 Å². The summed E-state index contributed by atoms with van der Waals surface area (Å²) >= 11 is 0. The van der Waals surface area contributed by atoms with Crippen LogP contribution < -0.4 is 0 Å². The van der Waals surface area contributed by atoms with Crippen LogP contribution in [0.5, 0.6) is 0 Å². The first-order valence-corrected chi connectivity index (χ1v) is 9.23. The Morgan fingerprint density at radius 2 is 1.86 bits per heavy atom. The van der Waals surface area contributed by atoms with E-state index < -0.39 is 10.0 Å². The van der Waals surface area contributed by atoms with Gasteiger partial charge in [0.15, 0.2) is 0 Å². The number of hydrogen-bond donors (Lipinski definition) is 0. The molecule has 1 aromatic rings. The first-order valence-electron chi connectivity index (χ1n) is 7.78. The summed E-state index contributed by atoms with van der Waals surface area (Å²) in [6.07, 6.45) is 7.92. The van der Waals surface area contributed by atoms with E-state index in [0.717, 1.165) is 24.8 Å². The van der Waals surface area contributed by atoms with Gasteiger partial charge in [0.2, 0.25) is 10.0 Å². The largest absolute Gasteiger partial charge is 0.243 e. The highest BCUT2D eigenvalue weighted by Gasteiger charge is 2.22. The van der Waals surface area contributed by atoms with Gasteiger partial charge in [-0.3, -0.25) is 0 Å². The normalized spacial score (nSPS) is 16.0. The number of aryl methyl sites for hydroxylation is 1. The predicted octanol–water partition coefficient (Wildman–Crippen LogP) is 3.90. The summed E-state index contributed by atoms with van der Waals surface area (Å²) in [5, 5.41) is 0. The fourth-order valence-electron chi connectivity index (χ4n) is 2.71. The van der Waals surface area contributed by atoms with E-state index in [1.807, 2.05) is 26.0 Å². The maximum Gasteiger partial charge on any atom is 0.243 e. The summed E-state index contributed by atoms with van der Waals surface area (Å²) in [6.45, 7) is 4.96. The topological polar surface area (TPSA) is 37.4 Å². The summed E-state index contributed by atoms with van der Waals surface area (Å²) in [5.74, 6) is 0. The lowest BCUT2D eigenvalue weighted by Gasteiger charge is -2.22. The minimum absolute atomic E-state index is 0.396. The lowest BCUT2D eigenvalue weighted by molar-refractivity contribution is 0.427. The van der Waals surface area contributed by atoms with Crippen molar-refractivity contribution in [3.63, 3.8) is 0 Å². The molecular weight excluding hydrogens is 282 g/mol. The SMILES string of the molecule is CCN(CCC1=CCCCC1)S(=O)(=O)c1ccc(C)cc1. The highest BCUT2D eigenvalue weighted by Crippen LogP contribution is 2.22. The Morgan fingerprint density at radius 1 is 1.14 bits per heavy atom. The summed E-state index contributed by atoms with van der Waals surface area (Å²) in [7, 11) is -3.36. The minimum Gasteiger partial charge on any atom is -0.207 e. The molecule has 0 amide bonds. The van der Waals surface area contributed by atoms with Crippen LogP contribution in [-0.4, -0.2) is 25.8 Å². The lowest BCUT2D eigenvalue weighted by atomic mass is 9.97. The molecule has 0 unspecified atom stereocenters. The van der Waals surface area contributed by atoms with Crippen molar-refractivity contribution in [2.24, 2.45) is 0 Å². The standard InChI is InChI=1S/C17H25NO2S/c1-3-18(14-13-16-7-5-4-6-8-16)21(19,20)17-11-9-15(2)10-12-17/h7,9-12H,3-6,8,13-14H2,1-2H3. The van der Waals surface area contributed by atoms with Gasteiger partial charge < -0.3 is 0 Å². The zero-order valence-corrected chi connectivity index (χ0v) is 13.8. The fraction of sp³-hybridized carbons (Fsp3) is 0.529. The van der Waals surface area contributed by atoms with Gasteiger partial charge in [0.05, 0.1) is 4.90 Å². The molecule has 0 N–H and O–H groups in total. The van der Waals surface area contributed by atoms with Gasteiger partial charge in [-0.15, -0.1) is 0 Å². The lowest BCUT2D eigenvalue weighted by Crippen LogP contribution is -2.32. The van der Waals surface area contributed by atoms with Crippen LogP contribution in [0.25, 0.3) is 0 Å². The molecule has 0 fully saturated rings. The van der Waals surface area contributed by atoms with Gasteiger partial charge in [0, 0.05) is 13.1 Å². The summed E-state index contributed by atoms with van der Waals surface area (Å²) in [5.41, 5.74) is 2.49. The van der Waals surface area contributed by atoms with Gasteiger partial charge in [-0.05, 0) is 51.2 Å². The second-order valence-corrected chi connectivity index (χ2v) is 7.61. The van der Waals surface area contributed by atoms with Gasteiger partial charge >= 0.3 is 0 Å². The number of rotatable bonds is 6. The zero-order chi connectivity index (χ0) is 15.3. The predicted molar refractivity (Wildman–Crippen MR) is 86.8 cm³/mol. The fourth-order valence-corrected chi connectivity index (χ4v) is 4.16. The van der Waals surface area contributed by atoms with E-state index in [-0.39, 0.29) is 0 Å². The van der Waals surface area contributed by atoms with Crippen molar-refractivity contribution in [2.75, 3.05) is 13.1 Å². The molecule has 1 aliphatic rings. The van der Waals surface area contributed by atoms with Crippen LogP contribution in [0.3, 0.4) is 0 Å². The molecule has 1 aliphatic carbocycles. The average Bonchev–Trinajstić information content (AvgIpc) is 2.49. The average molecular weight is 307 g/mol. The molecule has 1 aromatic carbocycles. The molecule has 2 rings (SSSR count). The highest BCUT2D eigenvalue weighted by atomic mass is 32.2. The van der Waals surface area contributed by atoms with Crippen LogP contribution in [-0.2, 0) is 10.0 Å².